The fourth-order valence-electron chi connectivity index (χ4n) is 1.99. The number of hydrogen-bond acceptors (Lipinski definition) is 3. The normalized spacial score (nSPS) is 12.2. The molecule has 0 spiro atoms. The van der Waals surface area contributed by atoms with Crippen LogP contribution in [0.5, 0.6) is 11.5 Å². The predicted octanol–water partition coefficient (Wildman–Crippen LogP) is 2.88. The lowest BCUT2D eigenvalue weighted by molar-refractivity contribution is 0.387. The van der Waals surface area contributed by atoms with Gasteiger partial charge in [0.25, 0.3) is 0 Å². The molecule has 0 saturated carbocycles. The average molecular weight is 251 g/mol. The van der Waals surface area contributed by atoms with Crippen LogP contribution in [0.4, 0.5) is 0 Å². The van der Waals surface area contributed by atoms with Crippen molar-refractivity contribution < 1.29 is 9.47 Å². The Morgan fingerprint density at radius 2 is 2.00 bits per heavy atom. The zero-order valence-corrected chi connectivity index (χ0v) is 12.0. The maximum atomic E-state index is 5.41. The minimum absolute atomic E-state index is 0.596. The summed E-state index contributed by atoms with van der Waals surface area (Å²) in [6.45, 7) is 6.57. The van der Waals surface area contributed by atoms with Crippen LogP contribution >= 0.6 is 0 Å². The third-order valence-corrected chi connectivity index (χ3v) is 2.98. The van der Waals surface area contributed by atoms with Gasteiger partial charge in [-0.05, 0) is 43.5 Å². The lowest BCUT2D eigenvalue weighted by atomic mass is 10.00. The maximum Gasteiger partial charge on any atom is 0.125 e. The quantitative estimate of drug-likeness (QED) is 0.721. The Balaban J connectivity index is 2.60. The van der Waals surface area contributed by atoms with Gasteiger partial charge in [0, 0.05) is 6.07 Å². The summed E-state index contributed by atoms with van der Waals surface area (Å²) in [5.41, 5.74) is 1.24. The fraction of sp³-hybridized carbons (Fsp3) is 0.600. The van der Waals surface area contributed by atoms with E-state index in [0.717, 1.165) is 31.0 Å². The first-order valence-electron chi connectivity index (χ1n) is 6.62. The van der Waals surface area contributed by atoms with Gasteiger partial charge in [-0.2, -0.15) is 0 Å². The standard InChI is InChI=1S/C15H25NO2/c1-5-8-16-11-12(2)9-13-6-7-14(17-3)10-15(13)18-4/h6-7,10,12,16H,5,8-9,11H2,1-4H3. The van der Waals surface area contributed by atoms with Crippen molar-refractivity contribution in [3.05, 3.63) is 23.8 Å². The monoisotopic (exact) mass is 251 g/mol. The summed E-state index contributed by atoms with van der Waals surface area (Å²) in [6.07, 6.45) is 2.20. The van der Waals surface area contributed by atoms with Crippen LogP contribution < -0.4 is 14.8 Å². The molecule has 1 aromatic carbocycles. The van der Waals surface area contributed by atoms with Gasteiger partial charge in [0.1, 0.15) is 11.5 Å². The van der Waals surface area contributed by atoms with Crippen molar-refractivity contribution in [2.45, 2.75) is 26.7 Å². The number of benzene rings is 1. The molecule has 0 amide bonds. The predicted molar refractivity (Wildman–Crippen MR) is 75.6 cm³/mol. The lowest BCUT2D eigenvalue weighted by Gasteiger charge is -2.15. The smallest absolute Gasteiger partial charge is 0.125 e. The van der Waals surface area contributed by atoms with E-state index in [2.05, 4.69) is 25.2 Å². The van der Waals surface area contributed by atoms with Crippen LogP contribution in [0.1, 0.15) is 25.8 Å². The van der Waals surface area contributed by atoms with Crippen molar-refractivity contribution in [3.8, 4) is 11.5 Å². The summed E-state index contributed by atoms with van der Waals surface area (Å²) in [6, 6.07) is 6.03. The van der Waals surface area contributed by atoms with Crippen LogP contribution in [-0.2, 0) is 6.42 Å². The SMILES string of the molecule is CCCNCC(C)Cc1ccc(OC)cc1OC. The largest absolute Gasteiger partial charge is 0.497 e. The summed E-state index contributed by atoms with van der Waals surface area (Å²) in [7, 11) is 3.38. The van der Waals surface area contributed by atoms with Gasteiger partial charge in [0.2, 0.25) is 0 Å². The van der Waals surface area contributed by atoms with Crippen molar-refractivity contribution in [1.29, 1.82) is 0 Å². The van der Waals surface area contributed by atoms with E-state index in [-0.39, 0.29) is 0 Å². The summed E-state index contributed by atoms with van der Waals surface area (Å²) in [4.78, 5) is 0. The first kappa shape index (κ1) is 14.8. The summed E-state index contributed by atoms with van der Waals surface area (Å²) >= 11 is 0. The summed E-state index contributed by atoms with van der Waals surface area (Å²) < 4.78 is 10.6. The Hall–Kier alpha value is -1.22. The van der Waals surface area contributed by atoms with Crippen LogP contribution in [0, 0.1) is 5.92 Å². The molecule has 102 valence electrons. The van der Waals surface area contributed by atoms with Gasteiger partial charge in [0.05, 0.1) is 14.2 Å². The first-order valence-corrected chi connectivity index (χ1v) is 6.62. The molecule has 0 bridgehead atoms. The Morgan fingerprint density at radius 1 is 1.22 bits per heavy atom. The fourth-order valence-corrected chi connectivity index (χ4v) is 1.99. The summed E-state index contributed by atoms with van der Waals surface area (Å²) in [5.74, 6) is 2.35. The first-order chi connectivity index (χ1) is 8.71. The van der Waals surface area contributed by atoms with Crippen molar-refractivity contribution in [2.24, 2.45) is 5.92 Å². The van der Waals surface area contributed by atoms with Crippen molar-refractivity contribution in [1.82, 2.24) is 5.32 Å². The lowest BCUT2D eigenvalue weighted by Crippen LogP contribution is -2.23. The third kappa shape index (κ3) is 4.57. The number of nitrogens with one attached hydrogen (secondary N) is 1. The molecule has 0 aliphatic heterocycles. The number of methoxy groups -OCH3 is 2. The Morgan fingerprint density at radius 3 is 2.61 bits per heavy atom. The molecule has 1 atom stereocenters. The van der Waals surface area contributed by atoms with Gasteiger partial charge >= 0.3 is 0 Å². The topological polar surface area (TPSA) is 30.5 Å². The zero-order valence-electron chi connectivity index (χ0n) is 12.0. The van der Waals surface area contributed by atoms with Crippen LogP contribution in [-0.4, -0.2) is 27.3 Å². The molecule has 1 N–H and O–H groups in total. The van der Waals surface area contributed by atoms with E-state index >= 15 is 0 Å². The van der Waals surface area contributed by atoms with E-state index in [1.54, 1.807) is 14.2 Å². The maximum absolute atomic E-state index is 5.41. The van der Waals surface area contributed by atoms with Crippen LogP contribution in [0.2, 0.25) is 0 Å². The van der Waals surface area contributed by atoms with Gasteiger partial charge in [0.15, 0.2) is 0 Å². The number of rotatable bonds is 8. The molecule has 0 saturated heterocycles. The van der Waals surface area contributed by atoms with Crippen molar-refractivity contribution in [3.63, 3.8) is 0 Å². The minimum Gasteiger partial charge on any atom is -0.497 e. The molecule has 0 fully saturated rings. The molecule has 3 nitrogen and oxygen atoms in total. The van der Waals surface area contributed by atoms with Gasteiger partial charge in [-0.1, -0.05) is 19.9 Å². The van der Waals surface area contributed by atoms with Crippen molar-refractivity contribution in [2.75, 3.05) is 27.3 Å². The second kappa shape index (κ2) is 7.98. The number of hydrogen-bond donors (Lipinski definition) is 1. The molecule has 0 radical (unpaired) electrons. The highest BCUT2D eigenvalue weighted by Crippen LogP contribution is 2.26. The molecule has 1 aromatic rings. The van der Waals surface area contributed by atoms with Crippen LogP contribution in [0.15, 0.2) is 18.2 Å². The van der Waals surface area contributed by atoms with Gasteiger partial charge < -0.3 is 14.8 Å². The number of ether oxygens (including phenoxy) is 2. The molecule has 3 heteroatoms. The van der Waals surface area contributed by atoms with E-state index in [1.807, 2.05) is 12.1 Å². The highest BCUT2D eigenvalue weighted by atomic mass is 16.5. The third-order valence-electron chi connectivity index (χ3n) is 2.98. The van der Waals surface area contributed by atoms with Crippen LogP contribution in [0.25, 0.3) is 0 Å². The Bertz CT molecular complexity index is 352. The van der Waals surface area contributed by atoms with E-state index in [4.69, 9.17) is 9.47 Å². The van der Waals surface area contributed by atoms with Gasteiger partial charge in [-0.3, -0.25) is 0 Å². The van der Waals surface area contributed by atoms with E-state index in [9.17, 15) is 0 Å². The molecule has 1 unspecified atom stereocenters. The molecule has 0 aliphatic rings. The molecule has 0 heterocycles. The van der Waals surface area contributed by atoms with E-state index in [0.29, 0.717) is 5.92 Å². The summed E-state index contributed by atoms with van der Waals surface area (Å²) in [5, 5.41) is 3.45. The van der Waals surface area contributed by atoms with Gasteiger partial charge in [-0.15, -0.1) is 0 Å². The molecule has 0 aliphatic carbocycles. The second-order valence-electron chi connectivity index (χ2n) is 4.69. The highest BCUT2D eigenvalue weighted by molar-refractivity contribution is 5.40. The zero-order chi connectivity index (χ0) is 13.4. The second-order valence-corrected chi connectivity index (χ2v) is 4.69. The molecular weight excluding hydrogens is 226 g/mol. The van der Waals surface area contributed by atoms with Crippen LogP contribution in [0.3, 0.4) is 0 Å². The average Bonchev–Trinajstić information content (AvgIpc) is 2.39. The Labute approximate surface area is 110 Å². The molecular formula is C15H25NO2. The molecule has 18 heavy (non-hydrogen) atoms. The van der Waals surface area contributed by atoms with Crippen molar-refractivity contribution >= 4 is 0 Å². The Kier molecular flexibility index (Phi) is 6.58. The highest BCUT2D eigenvalue weighted by Gasteiger charge is 2.09. The van der Waals surface area contributed by atoms with Gasteiger partial charge in [-0.25, -0.2) is 0 Å². The van der Waals surface area contributed by atoms with E-state index < -0.39 is 0 Å². The van der Waals surface area contributed by atoms with E-state index in [1.165, 1.54) is 12.0 Å². The molecule has 1 rings (SSSR count). The molecule has 0 aromatic heterocycles. The minimum atomic E-state index is 0.596.